The maximum absolute atomic E-state index is 5.94. The normalized spacial score (nSPS) is 11.3. The van der Waals surface area contributed by atoms with Crippen LogP contribution in [0, 0.1) is 6.92 Å². The lowest BCUT2D eigenvalue weighted by Crippen LogP contribution is -2.10. The number of hydrogen-bond acceptors (Lipinski definition) is 5. The van der Waals surface area contributed by atoms with Crippen molar-refractivity contribution in [3.05, 3.63) is 65.5 Å². The Morgan fingerprint density at radius 2 is 1.85 bits per heavy atom. The molecule has 0 fully saturated rings. The molecule has 2 aromatic carbocycles. The number of aliphatic imine (C=N–C) groups is 1. The third kappa shape index (κ3) is 5.41. The maximum Gasteiger partial charge on any atom is 0.245 e. The lowest BCUT2D eigenvalue weighted by molar-refractivity contribution is 0.215. The van der Waals surface area contributed by atoms with E-state index in [9.17, 15) is 0 Å². The summed E-state index contributed by atoms with van der Waals surface area (Å²) in [5, 5.41) is 6.43. The van der Waals surface area contributed by atoms with Gasteiger partial charge in [0.15, 0.2) is 0 Å². The van der Waals surface area contributed by atoms with Crippen LogP contribution in [0.15, 0.2) is 53.8 Å². The minimum absolute atomic E-state index is 0.424. The average Bonchev–Trinajstić information content (AvgIpc) is 3.18. The van der Waals surface area contributed by atoms with Crippen molar-refractivity contribution in [1.29, 1.82) is 0 Å². The van der Waals surface area contributed by atoms with Crippen molar-refractivity contribution in [2.24, 2.45) is 4.99 Å². The van der Waals surface area contributed by atoms with Gasteiger partial charge in [-0.15, -0.1) is 0 Å². The van der Waals surface area contributed by atoms with E-state index in [1.807, 2.05) is 24.3 Å². The summed E-state index contributed by atoms with van der Waals surface area (Å²) in [6.45, 7) is 7.39. The average molecular weight is 364 g/mol. The number of aromatic amines is 1. The molecule has 3 rings (SSSR count). The molecule has 0 bridgehead atoms. The molecule has 140 valence electrons. The Bertz CT molecular complexity index is 872. The van der Waals surface area contributed by atoms with Gasteiger partial charge in [-0.3, -0.25) is 0 Å². The zero-order valence-corrected chi connectivity index (χ0v) is 15.8. The molecule has 27 heavy (non-hydrogen) atoms. The van der Waals surface area contributed by atoms with Crippen LogP contribution in [0.1, 0.15) is 36.5 Å². The second kappa shape index (κ2) is 8.98. The Hall–Kier alpha value is -3.15. The van der Waals surface area contributed by atoms with E-state index in [1.165, 1.54) is 17.5 Å². The second-order valence-electron chi connectivity index (χ2n) is 6.53. The molecule has 3 aromatic rings. The van der Waals surface area contributed by atoms with Crippen LogP contribution >= 0.6 is 0 Å². The fourth-order valence-corrected chi connectivity index (χ4v) is 2.60. The number of aromatic nitrogens is 3. The van der Waals surface area contributed by atoms with Gasteiger partial charge in [-0.25, -0.2) is 10.1 Å². The molecular formula is C21H24N4O2. The third-order valence-corrected chi connectivity index (χ3v) is 4.02. The first kappa shape index (κ1) is 18.6. The van der Waals surface area contributed by atoms with Crippen LogP contribution in [-0.4, -0.2) is 34.6 Å². The molecule has 0 saturated carbocycles. The lowest BCUT2D eigenvalue weighted by atomic mass is 10.0. The number of aryl methyl sites for hydroxylation is 1. The summed E-state index contributed by atoms with van der Waals surface area (Å²) >= 11 is 0. The van der Waals surface area contributed by atoms with Crippen LogP contribution in [0.5, 0.6) is 11.5 Å². The number of nitrogens with zero attached hydrogens (tertiary/aromatic N) is 3. The van der Waals surface area contributed by atoms with Gasteiger partial charge < -0.3 is 9.47 Å². The van der Waals surface area contributed by atoms with E-state index in [0.29, 0.717) is 25.1 Å². The zero-order valence-electron chi connectivity index (χ0n) is 15.8. The Morgan fingerprint density at radius 1 is 1.07 bits per heavy atom. The molecule has 0 aliphatic carbocycles. The highest BCUT2D eigenvalue weighted by Gasteiger charge is 2.08. The van der Waals surface area contributed by atoms with Gasteiger partial charge in [-0.2, -0.15) is 10.1 Å². The third-order valence-electron chi connectivity index (χ3n) is 4.02. The molecule has 0 atom stereocenters. The predicted octanol–water partition coefficient (Wildman–Crippen LogP) is 4.44. The van der Waals surface area contributed by atoms with Crippen LogP contribution in [0.4, 0.5) is 5.95 Å². The number of benzene rings is 2. The van der Waals surface area contributed by atoms with Crippen molar-refractivity contribution in [3.8, 4) is 11.5 Å². The molecule has 0 spiro atoms. The van der Waals surface area contributed by atoms with E-state index in [0.717, 1.165) is 17.1 Å². The van der Waals surface area contributed by atoms with E-state index in [-0.39, 0.29) is 0 Å². The molecule has 6 heteroatoms. The number of ether oxygens (including phenoxy) is 2. The van der Waals surface area contributed by atoms with Crippen molar-refractivity contribution in [2.75, 3.05) is 13.2 Å². The first-order chi connectivity index (χ1) is 13.1. The summed E-state index contributed by atoms with van der Waals surface area (Å²) in [4.78, 5) is 8.13. The standard InChI is InChI=1S/C21H24N4O2/c1-15(2)19-9-4-16(3)12-20(19)27-11-10-26-18-7-5-17(6-8-18)13-22-21-23-14-24-25-21/h4-9,12-15H,10-11H2,1-3H3,(H,23,24,25). The van der Waals surface area contributed by atoms with Crippen molar-refractivity contribution >= 4 is 12.2 Å². The van der Waals surface area contributed by atoms with Crippen LogP contribution < -0.4 is 9.47 Å². The fraction of sp³-hybridized carbons (Fsp3) is 0.286. The molecule has 1 heterocycles. The highest BCUT2D eigenvalue weighted by atomic mass is 16.5. The Labute approximate surface area is 159 Å². The number of hydrogen-bond donors (Lipinski definition) is 1. The smallest absolute Gasteiger partial charge is 0.245 e. The molecule has 0 saturated heterocycles. The van der Waals surface area contributed by atoms with E-state index in [2.05, 4.69) is 59.1 Å². The van der Waals surface area contributed by atoms with Gasteiger partial charge in [0.25, 0.3) is 0 Å². The van der Waals surface area contributed by atoms with E-state index in [1.54, 1.807) is 6.21 Å². The number of H-pyrrole nitrogens is 1. The lowest BCUT2D eigenvalue weighted by Gasteiger charge is -2.15. The Morgan fingerprint density at radius 3 is 2.56 bits per heavy atom. The van der Waals surface area contributed by atoms with Crippen molar-refractivity contribution < 1.29 is 9.47 Å². The summed E-state index contributed by atoms with van der Waals surface area (Å²) in [6.07, 6.45) is 3.14. The monoisotopic (exact) mass is 364 g/mol. The Balaban J connectivity index is 1.49. The van der Waals surface area contributed by atoms with Crippen molar-refractivity contribution in [1.82, 2.24) is 15.2 Å². The van der Waals surface area contributed by atoms with Crippen LogP contribution in [0.2, 0.25) is 0 Å². The molecule has 1 N–H and O–H groups in total. The topological polar surface area (TPSA) is 72.4 Å². The van der Waals surface area contributed by atoms with E-state index >= 15 is 0 Å². The molecule has 6 nitrogen and oxygen atoms in total. The van der Waals surface area contributed by atoms with Crippen LogP contribution in [0.25, 0.3) is 0 Å². The fourth-order valence-electron chi connectivity index (χ4n) is 2.60. The van der Waals surface area contributed by atoms with E-state index in [4.69, 9.17) is 9.47 Å². The summed E-state index contributed by atoms with van der Waals surface area (Å²) in [5.41, 5.74) is 3.37. The van der Waals surface area contributed by atoms with Gasteiger partial charge in [0.1, 0.15) is 31.0 Å². The highest BCUT2D eigenvalue weighted by molar-refractivity contribution is 5.81. The van der Waals surface area contributed by atoms with Crippen LogP contribution in [-0.2, 0) is 0 Å². The second-order valence-corrected chi connectivity index (χ2v) is 6.53. The van der Waals surface area contributed by atoms with E-state index < -0.39 is 0 Å². The van der Waals surface area contributed by atoms with Gasteiger partial charge in [0.05, 0.1) is 0 Å². The van der Waals surface area contributed by atoms with Crippen molar-refractivity contribution in [3.63, 3.8) is 0 Å². The summed E-state index contributed by atoms with van der Waals surface area (Å²) in [6, 6.07) is 14.0. The molecule has 0 aliphatic heterocycles. The SMILES string of the molecule is Cc1ccc(C(C)C)c(OCCOc2ccc(C=Nc3ncn[nH]3)cc2)c1. The molecule has 0 amide bonds. The molecular weight excluding hydrogens is 340 g/mol. The number of rotatable bonds is 8. The first-order valence-corrected chi connectivity index (χ1v) is 8.97. The van der Waals surface area contributed by atoms with Crippen LogP contribution in [0.3, 0.4) is 0 Å². The Kier molecular flexibility index (Phi) is 6.20. The maximum atomic E-state index is 5.94. The zero-order chi connectivity index (χ0) is 19.1. The largest absolute Gasteiger partial charge is 0.490 e. The van der Waals surface area contributed by atoms with Crippen molar-refractivity contribution in [2.45, 2.75) is 26.7 Å². The van der Waals surface area contributed by atoms with Gasteiger partial charge in [-0.05, 0) is 59.9 Å². The quantitative estimate of drug-likeness (QED) is 0.474. The molecule has 0 unspecified atom stereocenters. The minimum Gasteiger partial charge on any atom is -0.490 e. The first-order valence-electron chi connectivity index (χ1n) is 8.97. The molecule has 1 aromatic heterocycles. The van der Waals surface area contributed by atoms with Gasteiger partial charge in [0.2, 0.25) is 5.95 Å². The summed E-state index contributed by atoms with van der Waals surface area (Å²) in [5.74, 6) is 2.63. The predicted molar refractivity (Wildman–Crippen MR) is 106 cm³/mol. The summed E-state index contributed by atoms with van der Waals surface area (Å²) < 4.78 is 11.7. The van der Waals surface area contributed by atoms with Gasteiger partial charge in [-0.1, -0.05) is 26.0 Å². The molecule has 0 radical (unpaired) electrons. The minimum atomic E-state index is 0.424. The van der Waals surface area contributed by atoms with Gasteiger partial charge in [0, 0.05) is 6.21 Å². The highest BCUT2D eigenvalue weighted by Crippen LogP contribution is 2.27. The summed E-state index contributed by atoms with van der Waals surface area (Å²) in [7, 11) is 0. The molecule has 0 aliphatic rings. The van der Waals surface area contributed by atoms with Gasteiger partial charge >= 0.3 is 0 Å². The number of nitrogens with one attached hydrogen (secondary N) is 1.